The number of nitriles is 1. The molecule has 0 spiro atoms. The summed E-state index contributed by atoms with van der Waals surface area (Å²) < 4.78 is 11.5. The number of benzene rings is 1. The van der Waals surface area contributed by atoms with E-state index in [1.54, 1.807) is 7.05 Å². The van der Waals surface area contributed by atoms with Crippen molar-refractivity contribution in [1.29, 1.82) is 5.26 Å². The predicted octanol–water partition coefficient (Wildman–Crippen LogP) is 3.73. The average molecular weight is 932 g/mol. The number of aromatic nitrogens is 2. The first-order valence-electron chi connectivity index (χ1n) is 13.4. The molecule has 0 saturated carbocycles. The second kappa shape index (κ2) is 12.8. The summed E-state index contributed by atoms with van der Waals surface area (Å²) in [5, 5.41) is 33.6. The van der Waals surface area contributed by atoms with Crippen LogP contribution in [0.15, 0.2) is 58.8 Å². The van der Waals surface area contributed by atoms with E-state index in [1.165, 1.54) is 17.1 Å². The zero-order valence-corrected chi connectivity index (χ0v) is 33.9. The molecule has 3 unspecified atom stereocenters. The van der Waals surface area contributed by atoms with E-state index < -0.39 is 17.1 Å². The molecule has 2 aliphatic rings. The number of para-hydroxylation sites is 1. The van der Waals surface area contributed by atoms with Crippen LogP contribution in [0.4, 0.5) is 0 Å². The first-order chi connectivity index (χ1) is 20.4. The van der Waals surface area contributed by atoms with E-state index in [2.05, 4.69) is 74.6 Å². The molecule has 1 aliphatic carbocycles. The number of hydrogen-bond donors (Lipinski definition) is 2. The number of allylic oxidation sites excluding steroid dienone is 6. The second-order valence-electron chi connectivity index (χ2n) is 10.4. The maximum atomic E-state index is 12.9. The summed E-state index contributed by atoms with van der Waals surface area (Å²) in [5.41, 5.74) is 5.62. The molecule has 0 bridgehead atoms. The van der Waals surface area contributed by atoms with Crippen molar-refractivity contribution >= 4 is 104 Å². The summed E-state index contributed by atoms with van der Waals surface area (Å²) in [7, 11) is 11.5. The van der Waals surface area contributed by atoms with Crippen LogP contribution in [0.3, 0.4) is 0 Å². The van der Waals surface area contributed by atoms with Crippen molar-refractivity contribution in [2.24, 2.45) is 14.1 Å². The summed E-state index contributed by atoms with van der Waals surface area (Å²) in [5.74, 6) is 0.925. The Bertz CT molecular complexity index is 1970. The van der Waals surface area contributed by atoms with Gasteiger partial charge in [0.2, 0.25) is 0 Å². The zero-order valence-electron chi connectivity index (χ0n) is 23.8. The minimum atomic E-state index is -0.455. The van der Waals surface area contributed by atoms with Gasteiger partial charge in [0.25, 0.3) is 0 Å². The fourth-order valence-corrected chi connectivity index (χ4v) is 8.97. The van der Waals surface area contributed by atoms with Crippen molar-refractivity contribution in [3.63, 3.8) is 0 Å². The zero-order chi connectivity index (χ0) is 31.3. The third kappa shape index (κ3) is 5.70. The van der Waals surface area contributed by atoms with Gasteiger partial charge in [-0.1, -0.05) is 0 Å². The van der Waals surface area contributed by atoms with Crippen molar-refractivity contribution in [1.82, 2.24) is 4.57 Å². The third-order valence-corrected chi connectivity index (χ3v) is 15.3. The standard InChI is InChI=1S/C31H28IN3O4P3.Tl/c1-15-25(36)26(37)23(34(2)30(15)38)24-28(40)22(29(41)31(42)35(24)3)19(14-33)20(32)12-11-16-8-6-9-18-13-17-7-4-5-10-21(17)39-27(16)18;/h4-5,7,10-11,13H,6,8-9,40-42H2,1-3H3,(H,36,38);/p+1/b12-11?,20-19-;. The molecular formula is C31H29IN3O4P3Tl+. The van der Waals surface area contributed by atoms with E-state index in [4.69, 9.17) is 4.74 Å². The van der Waals surface area contributed by atoms with Crippen LogP contribution in [0, 0.1) is 18.3 Å². The van der Waals surface area contributed by atoms with Crippen molar-refractivity contribution in [3.8, 4) is 34.7 Å². The van der Waals surface area contributed by atoms with Gasteiger partial charge in [-0.3, -0.25) is 0 Å². The minimum absolute atomic E-state index is 0.0612. The van der Waals surface area contributed by atoms with E-state index in [1.807, 2.05) is 29.8 Å². The number of ether oxygens (including phenoxy) is 1. The first-order valence-corrected chi connectivity index (χ1v) is 18.4. The number of rotatable bonds is 4. The number of halogens is 1. The molecule has 1 aromatic carbocycles. The van der Waals surface area contributed by atoms with Crippen LogP contribution in [-0.2, 0) is 14.1 Å². The van der Waals surface area contributed by atoms with Crippen LogP contribution in [0.25, 0.3) is 23.0 Å². The Morgan fingerprint density at radius 3 is 2.58 bits per heavy atom. The van der Waals surface area contributed by atoms with Crippen LogP contribution in [0.5, 0.6) is 17.2 Å². The molecule has 0 amide bonds. The number of nitrogens with zero attached hydrogens (tertiary/aromatic N) is 3. The Labute approximate surface area is 286 Å². The number of hydrogen-bond acceptors (Lipinski definition) is 5. The van der Waals surface area contributed by atoms with Crippen molar-refractivity contribution in [3.05, 3.63) is 81.0 Å². The van der Waals surface area contributed by atoms with Gasteiger partial charge < -0.3 is 0 Å². The summed E-state index contributed by atoms with van der Waals surface area (Å²) in [6.07, 6.45) is 7.29. The molecule has 0 fully saturated rings. The van der Waals surface area contributed by atoms with Crippen molar-refractivity contribution in [2.45, 2.75) is 26.2 Å². The molecule has 7 nitrogen and oxygen atoms in total. The van der Waals surface area contributed by atoms with Gasteiger partial charge in [-0.2, -0.15) is 0 Å². The van der Waals surface area contributed by atoms with Crippen LogP contribution in [0.1, 0.15) is 36.0 Å². The van der Waals surface area contributed by atoms with E-state index in [-0.39, 0.29) is 11.3 Å². The Balaban J connectivity index is 1.71. The molecule has 43 heavy (non-hydrogen) atoms. The van der Waals surface area contributed by atoms with Gasteiger partial charge in [-0.25, -0.2) is 0 Å². The quantitative estimate of drug-likeness (QED) is 0.104. The van der Waals surface area contributed by atoms with E-state index >= 15 is 0 Å². The molecule has 5 rings (SSSR count). The van der Waals surface area contributed by atoms with Gasteiger partial charge >= 0.3 is 289 Å². The summed E-state index contributed by atoms with van der Waals surface area (Å²) in [6.45, 7) is 1.47. The molecule has 3 aromatic rings. The van der Waals surface area contributed by atoms with Gasteiger partial charge in [0.05, 0.1) is 0 Å². The number of fused-ring (bicyclic) bond motifs is 2. The van der Waals surface area contributed by atoms with Crippen LogP contribution in [0.2, 0.25) is 0 Å². The van der Waals surface area contributed by atoms with Gasteiger partial charge in [0, 0.05) is 0 Å². The second-order valence-corrected chi connectivity index (χ2v) is 15.6. The topological polar surface area (TPSA) is 99.4 Å². The first kappa shape index (κ1) is 32.5. The molecule has 12 heteroatoms. The van der Waals surface area contributed by atoms with Gasteiger partial charge in [-0.15, -0.1) is 0 Å². The summed E-state index contributed by atoms with van der Waals surface area (Å²) >= 11 is 2.69. The van der Waals surface area contributed by atoms with E-state index in [9.17, 15) is 20.3 Å². The van der Waals surface area contributed by atoms with E-state index in [0.29, 0.717) is 47.9 Å². The fraction of sp³-hybridized carbons (Fsp3) is 0.194. The number of aromatic hydroxyl groups is 2. The Morgan fingerprint density at radius 1 is 1.19 bits per heavy atom. The normalized spacial score (nSPS) is 15.2. The Kier molecular flexibility index (Phi) is 9.71. The van der Waals surface area contributed by atoms with Crippen molar-refractivity contribution < 1.29 is 19.5 Å². The molecule has 1 aliphatic heterocycles. The molecule has 2 aromatic heterocycles. The van der Waals surface area contributed by atoms with Crippen LogP contribution in [-0.4, -0.2) is 40.5 Å². The molecule has 216 valence electrons. The molecule has 3 atom stereocenters. The van der Waals surface area contributed by atoms with Gasteiger partial charge in [-0.05, 0) is 0 Å². The summed E-state index contributed by atoms with van der Waals surface area (Å²) in [4.78, 5) is 12.9. The van der Waals surface area contributed by atoms with Gasteiger partial charge in [0.15, 0.2) is 0 Å². The van der Waals surface area contributed by atoms with E-state index in [0.717, 1.165) is 59.4 Å². The molecule has 2 N–H and O–H groups in total. The van der Waals surface area contributed by atoms with Crippen molar-refractivity contribution in [2.75, 3.05) is 0 Å². The molecular weight excluding hydrogens is 903 g/mol. The van der Waals surface area contributed by atoms with Crippen LogP contribution >= 0.6 is 50.3 Å². The fourth-order valence-electron chi connectivity index (χ4n) is 5.51. The molecule has 3 heterocycles. The molecule has 0 radical (unpaired) electrons. The number of pyridine rings is 2. The summed E-state index contributed by atoms with van der Waals surface area (Å²) in [6, 6.07) is 10.5. The monoisotopic (exact) mass is 932 g/mol. The Hall–Kier alpha value is -1.89. The molecule has 0 saturated heterocycles. The average Bonchev–Trinajstić information content (AvgIpc) is 3.00. The van der Waals surface area contributed by atoms with Crippen LogP contribution < -0.4 is 30.9 Å². The Morgan fingerprint density at radius 2 is 1.88 bits per heavy atom. The SMILES string of the molecule is Cc1c(O)c(O)c(-c2c(P)c(/C(C#N)=C(I)/[C]([Tl])=C/C3=C4Oc5ccccc5C=C4CCC3)c(P)c(P)[n+]2C)n(C)c1=O. The maximum absolute atomic E-state index is 12.9. The van der Waals surface area contributed by atoms with Gasteiger partial charge in [0.1, 0.15) is 0 Å². The third-order valence-electron chi connectivity index (χ3n) is 7.86. The predicted molar refractivity (Wildman–Crippen MR) is 191 cm³/mol.